The minimum atomic E-state index is 0.445. The van der Waals surface area contributed by atoms with Gasteiger partial charge in [-0.2, -0.15) is 0 Å². The molecule has 58 valence electrons. The molecule has 0 bridgehead atoms. The lowest BCUT2D eigenvalue weighted by atomic mass is 10.2. The van der Waals surface area contributed by atoms with E-state index in [1.807, 2.05) is 0 Å². The third-order valence-electron chi connectivity index (χ3n) is 1.33. The quantitative estimate of drug-likeness (QED) is 0.636. The number of halogens is 1. The van der Waals surface area contributed by atoms with Crippen LogP contribution in [0.1, 0.15) is 10.4 Å². The Morgan fingerprint density at radius 2 is 2.27 bits per heavy atom. The van der Waals surface area contributed by atoms with Gasteiger partial charge in [0.15, 0.2) is 6.29 Å². The summed E-state index contributed by atoms with van der Waals surface area (Å²) in [6.07, 6.45) is 0.699. The molecule has 0 fully saturated rings. The molecule has 0 atom stereocenters. The molecule has 0 saturated carbocycles. The van der Waals surface area contributed by atoms with Gasteiger partial charge in [-0.3, -0.25) is 4.79 Å². The van der Waals surface area contributed by atoms with Crippen molar-refractivity contribution in [2.45, 2.75) is 0 Å². The highest BCUT2D eigenvalue weighted by atomic mass is 35.5. The first kappa shape index (κ1) is 8.08. The Bertz CT molecular complexity index is 271. The molecule has 1 rings (SSSR count). The molecule has 0 aromatic heterocycles. The molecule has 0 aliphatic carbocycles. The number of aldehydes is 1. The lowest BCUT2D eigenvalue weighted by Gasteiger charge is -2.00. The van der Waals surface area contributed by atoms with Crippen molar-refractivity contribution in [3.8, 4) is 5.75 Å². The molecule has 0 aliphatic rings. The van der Waals surface area contributed by atoms with Crippen molar-refractivity contribution in [2.24, 2.45) is 0 Å². The van der Waals surface area contributed by atoms with Gasteiger partial charge in [-0.15, -0.1) is 0 Å². The molecule has 0 aliphatic heterocycles. The van der Waals surface area contributed by atoms with Gasteiger partial charge < -0.3 is 4.74 Å². The van der Waals surface area contributed by atoms with Crippen LogP contribution in [0.15, 0.2) is 18.2 Å². The molecule has 11 heavy (non-hydrogen) atoms. The Morgan fingerprint density at radius 3 is 2.82 bits per heavy atom. The normalized spacial score (nSPS) is 9.27. The van der Waals surface area contributed by atoms with E-state index in [1.54, 1.807) is 18.2 Å². The van der Waals surface area contributed by atoms with E-state index in [1.165, 1.54) is 7.11 Å². The number of rotatable bonds is 2. The van der Waals surface area contributed by atoms with Gasteiger partial charge in [-0.1, -0.05) is 11.6 Å². The van der Waals surface area contributed by atoms with Crippen LogP contribution in [-0.4, -0.2) is 13.4 Å². The molecule has 0 unspecified atom stereocenters. The fourth-order valence-corrected chi connectivity index (χ4v) is 0.901. The van der Waals surface area contributed by atoms with Crippen LogP contribution in [0, 0.1) is 0 Å². The number of carbonyl (C=O) groups excluding carboxylic acids is 1. The Hall–Kier alpha value is -1.02. The molecule has 3 heteroatoms. The highest BCUT2D eigenvalue weighted by Gasteiger charge is 1.99. The molecule has 1 aromatic rings. The van der Waals surface area contributed by atoms with E-state index in [9.17, 15) is 4.79 Å². The van der Waals surface area contributed by atoms with E-state index in [0.29, 0.717) is 22.6 Å². The van der Waals surface area contributed by atoms with Crippen molar-refractivity contribution >= 4 is 17.9 Å². The predicted octanol–water partition coefficient (Wildman–Crippen LogP) is 2.16. The summed E-state index contributed by atoms with van der Waals surface area (Å²) in [5.41, 5.74) is 0.450. The van der Waals surface area contributed by atoms with E-state index in [4.69, 9.17) is 16.3 Å². The summed E-state index contributed by atoms with van der Waals surface area (Å²) in [5, 5.41) is 0.445. The SMILES string of the molecule is COc1ccc(Cl)c(C=O)c1. The molecule has 1 aromatic carbocycles. The van der Waals surface area contributed by atoms with Gasteiger partial charge >= 0.3 is 0 Å². The summed E-state index contributed by atoms with van der Waals surface area (Å²) in [4.78, 5) is 10.4. The van der Waals surface area contributed by atoms with Crippen molar-refractivity contribution < 1.29 is 9.53 Å². The molecular weight excluding hydrogens is 164 g/mol. The zero-order valence-corrected chi connectivity index (χ0v) is 6.76. The maximum atomic E-state index is 10.4. The maximum Gasteiger partial charge on any atom is 0.151 e. The molecule has 0 spiro atoms. The number of benzene rings is 1. The molecule has 0 radical (unpaired) electrons. The zero-order chi connectivity index (χ0) is 8.27. The van der Waals surface area contributed by atoms with Crippen LogP contribution in [0.5, 0.6) is 5.75 Å². The number of hydrogen-bond donors (Lipinski definition) is 0. The van der Waals surface area contributed by atoms with Crippen LogP contribution in [0.25, 0.3) is 0 Å². The third kappa shape index (κ3) is 1.71. The van der Waals surface area contributed by atoms with E-state index >= 15 is 0 Å². The highest BCUT2D eigenvalue weighted by Crippen LogP contribution is 2.19. The molecule has 0 N–H and O–H groups in total. The first-order valence-electron chi connectivity index (χ1n) is 3.06. The summed E-state index contributed by atoms with van der Waals surface area (Å²) >= 11 is 5.67. The largest absolute Gasteiger partial charge is 0.497 e. The molecule has 0 heterocycles. The van der Waals surface area contributed by atoms with E-state index in [2.05, 4.69) is 0 Å². The van der Waals surface area contributed by atoms with Gasteiger partial charge in [0.2, 0.25) is 0 Å². The minimum absolute atomic E-state index is 0.445. The lowest BCUT2D eigenvalue weighted by molar-refractivity contribution is 0.112. The second kappa shape index (κ2) is 3.39. The van der Waals surface area contributed by atoms with Crippen molar-refractivity contribution in [3.63, 3.8) is 0 Å². The van der Waals surface area contributed by atoms with Crippen molar-refractivity contribution in [1.29, 1.82) is 0 Å². The number of carbonyl (C=O) groups is 1. The van der Waals surface area contributed by atoms with Crippen LogP contribution in [-0.2, 0) is 0 Å². The molecular formula is C8H7ClO2. The van der Waals surface area contributed by atoms with Crippen LogP contribution in [0.3, 0.4) is 0 Å². The average molecular weight is 171 g/mol. The van der Waals surface area contributed by atoms with Crippen molar-refractivity contribution in [1.82, 2.24) is 0 Å². The standard InChI is InChI=1S/C8H7ClO2/c1-11-7-2-3-8(9)6(4-7)5-10/h2-5H,1H3. The van der Waals surface area contributed by atoms with E-state index < -0.39 is 0 Å². The van der Waals surface area contributed by atoms with Crippen LogP contribution in [0.2, 0.25) is 5.02 Å². The summed E-state index contributed by atoms with van der Waals surface area (Å²) in [6, 6.07) is 4.93. The monoisotopic (exact) mass is 170 g/mol. The molecule has 2 nitrogen and oxygen atoms in total. The van der Waals surface area contributed by atoms with Crippen molar-refractivity contribution in [2.75, 3.05) is 7.11 Å². The lowest BCUT2D eigenvalue weighted by Crippen LogP contribution is -1.86. The second-order valence-corrected chi connectivity index (χ2v) is 2.41. The molecule has 0 amide bonds. The van der Waals surface area contributed by atoms with Gasteiger partial charge in [-0.25, -0.2) is 0 Å². The van der Waals surface area contributed by atoms with Gasteiger partial charge in [-0.05, 0) is 18.2 Å². The smallest absolute Gasteiger partial charge is 0.151 e. The minimum Gasteiger partial charge on any atom is -0.497 e. The predicted molar refractivity (Wildman–Crippen MR) is 43.4 cm³/mol. The first-order chi connectivity index (χ1) is 5.27. The van der Waals surface area contributed by atoms with Gasteiger partial charge in [0.05, 0.1) is 12.1 Å². The number of methoxy groups -OCH3 is 1. The first-order valence-corrected chi connectivity index (χ1v) is 3.44. The zero-order valence-electron chi connectivity index (χ0n) is 6.00. The van der Waals surface area contributed by atoms with E-state index in [-0.39, 0.29) is 0 Å². The Labute approximate surface area is 69.7 Å². The van der Waals surface area contributed by atoms with E-state index in [0.717, 1.165) is 0 Å². The Balaban J connectivity index is 3.12. The van der Waals surface area contributed by atoms with Crippen LogP contribution in [0.4, 0.5) is 0 Å². The highest BCUT2D eigenvalue weighted by molar-refractivity contribution is 6.32. The Kier molecular flexibility index (Phi) is 2.49. The third-order valence-corrected chi connectivity index (χ3v) is 1.67. The summed E-state index contributed by atoms with van der Waals surface area (Å²) in [6.45, 7) is 0. The summed E-state index contributed by atoms with van der Waals surface area (Å²) < 4.78 is 4.89. The van der Waals surface area contributed by atoms with Crippen LogP contribution < -0.4 is 4.74 Å². The summed E-state index contributed by atoms with van der Waals surface area (Å²) in [7, 11) is 1.54. The fraction of sp³-hybridized carbons (Fsp3) is 0.125. The average Bonchev–Trinajstić information content (AvgIpc) is 2.05. The van der Waals surface area contributed by atoms with Gasteiger partial charge in [0.25, 0.3) is 0 Å². The summed E-state index contributed by atoms with van der Waals surface area (Å²) in [5.74, 6) is 0.636. The van der Waals surface area contributed by atoms with Gasteiger partial charge in [0.1, 0.15) is 5.75 Å². The molecule has 0 saturated heterocycles. The van der Waals surface area contributed by atoms with Crippen molar-refractivity contribution in [3.05, 3.63) is 28.8 Å². The van der Waals surface area contributed by atoms with Gasteiger partial charge in [0, 0.05) is 5.56 Å². The fourth-order valence-electron chi connectivity index (χ4n) is 0.739. The maximum absolute atomic E-state index is 10.4. The Morgan fingerprint density at radius 1 is 1.55 bits per heavy atom. The number of ether oxygens (including phenoxy) is 1. The topological polar surface area (TPSA) is 26.3 Å². The second-order valence-electron chi connectivity index (χ2n) is 2.01. The van der Waals surface area contributed by atoms with Crippen LogP contribution >= 0.6 is 11.6 Å². The number of hydrogen-bond acceptors (Lipinski definition) is 2.